The number of thiophene rings is 1. The molecule has 0 saturated carbocycles. The molecule has 2 aromatic carbocycles. The second-order valence-corrected chi connectivity index (χ2v) is 7.70. The van der Waals surface area contributed by atoms with E-state index in [1.807, 2.05) is 42.5 Å². The number of hydrogen-bond donors (Lipinski definition) is 1. The number of benzene rings is 2. The standard InChI is InChI=1S/C22H17N3O2S/c1-25-13-18(16-9-5-6-10-17(16)22(25)27)20(26)24-21-15(12-23)11-19(28-21)14-7-3-2-4-8-14/h2-11,18H,13H2,1H3,(H,24,26). The van der Waals surface area contributed by atoms with Crippen molar-refractivity contribution in [2.75, 3.05) is 18.9 Å². The molecule has 0 spiro atoms. The van der Waals surface area contributed by atoms with Crippen molar-refractivity contribution in [3.8, 4) is 16.5 Å². The molecule has 4 rings (SSSR count). The van der Waals surface area contributed by atoms with Crippen LogP contribution in [0.5, 0.6) is 0 Å². The Labute approximate surface area is 166 Å². The summed E-state index contributed by atoms with van der Waals surface area (Å²) in [6, 6.07) is 20.9. The molecular weight excluding hydrogens is 370 g/mol. The van der Waals surface area contributed by atoms with Crippen LogP contribution in [0.4, 0.5) is 5.00 Å². The number of nitrogens with zero attached hydrogens (tertiary/aromatic N) is 2. The maximum absolute atomic E-state index is 13.0. The van der Waals surface area contributed by atoms with E-state index in [1.54, 1.807) is 30.1 Å². The molecule has 138 valence electrons. The van der Waals surface area contributed by atoms with E-state index in [0.717, 1.165) is 16.0 Å². The van der Waals surface area contributed by atoms with Crippen molar-refractivity contribution in [2.45, 2.75) is 5.92 Å². The maximum atomic E-state index is 13.0. The molecule has 2 heterocycles. The van der Waals surface area contributed by atoms with Gasteiger partial charge >= 0.3 is 0 Å². The highest BCUT2D eigenvalue weighted by molar-refractivity contribution is 7.19. The van der Waals surface area contributed by atoms with Gasteiger partial charge in [-0.05, 0) is 23.3 Å². The van der Waals surface area contributed by atoms with Crippen molar-refractivity contribution < 1.29 is 9.59 Å². The Morgan fingerprint density at radius 3 is 2.64 bits per heavy atom. The number of amides is 2. The summed E-state index contributed by atoms with van der Waals surface area (Å²) in [4.78, 5) is 27.9. The van der Waals surface area contributed by atoms with Gasteiger partial charge in [-0.25, -0.2) is 0 Å². The van der Waals surface area contributed by atoms with Crippen molar-refractivity contribution in [1.82, 2.24) is 4.90 Å². The Morgan fingerprint density at radius 1 is 1.18 bits per heavy atom. The first kappa shape index (κ1) is 18.0. The van der Waals surface area contributed by atoms with Gasteiger partial charge in [0, 0.05) is 24.0 Å². The molecule has 5 nitrogen and oxygen atoms in total. The van der Waals surface area contributed by atoms with E-state index < -0.39 is 5.92 Å². The van der Waals surface area contributed by atoms with Crippen LogP contribution < -0.4 is 5.32 Å². The molecule has 1 N–H and O–H groups in total. The van der Waals surface area contributed by atoms with Gasteiger partial charge in [0.1, 0.15) is 11.1 Å². The first-order valence-electron chi connectivity index (χ1n) is 8.83. The predicted molar refractivity (Wildman–Crippen MR) is 109 cm³/mol. The van der Waals surface area contributed by atoms with E-state index >= 15 is 0 Å². The van der Waals surface area contributed by atoms with Crippen LogP contribution >= 0.6 is 11.3 Å². The molecule has 1 unspecified atom stereocenters. The second-order valence-electron chi connectivity index (χ2n) is 6.65. The van der Waals surface area contributed by atoms with Gasteiger partial charge in [0.15, 0.2) is 0 Å². The van der Waals surface area contributed by atoms with Gasteiger partial charge in [0.05, 0.1) is 11.5 Å². The highest BCUT2D eigenvalue weighted by Gasteiger charge is 2.33. The van der Waals surface area contributed by atoms with Gasteiger partial charge in [-0.1, -0.05) is 48.5 Å². The van der Waals surface area contributed by atoms with Crippen LogP contribution in [-0.2, 0) is 4.79 Å². The quantitative estimate of drug-likeness (QED) is 0.735. The zero-order valence-corrected chi connectivity index (χ0v) is 16.0. The zero-order valence-electron chi connectivity index (χ0n) is 15.2. The molecule has 2 amide bonds. The number of fused-ring (bicyclic) bond motifs is 1. The fourth-order valence-corrected chi connectivity index (χ4v) is 4.41. The summed E-state index contributed by atoms with van der Waals surface area (Å²) < 4.78 is 0. The zero-order chi connectivity index (χ0) is 19.7. The van der Waals surface area contributed by atoms with Crippen molar-refractivity contribution in [1.29, 1.82) is 5.26 Å². The third-order valence-corrected chi connectivity index (χ3v) is 5.93. The summed E-state index contributed by atoms with van der Waals surface area (Å²) in [5.74, 6) is -0.780. The minimum atomic E-state index is -0.479. The van der Waals surface area contributed by atoms with Gasteiger partial charge in [-0.3, -0.25) is 9.59 Å². The first-order valence-corrected chi connectivity index (χ1v) is 9.64. The smallest absolute Gasteiger partial charge is 0.253 e. The lowest BCUT2D eigenvalue weighted by Crippen LogP contribution is -2.41. The minimum Gasteiger partial charge on any atom is -0.341 e. The normalized spacial score (nSPS) is 15.6. The number of carbonyl (C=O) groups is 2. The Morgan fingerprint density at radius 2 is 1.89 bits per heavy atom. The van der Waals surface area contributed by atoms with Gasteiger partial charge in [0.25, 0.3) is 5.91 Å². The van der Waals surface area contributed by atoms with Crippen molar-refractivity contribution in [3.05, 3.63) is 77.4 Å². The molecular formula is C22H17N3O2S. The van der Waals surface area contributed by atoms with Gasteiger partial charge in [-0.2, -0.15) is 5.26 Å². The summed E-state index contributed by atoms with van der Waals surface area (Å²) in [5.41, 5.74) is 2.71. The molecule has 6 heteroatoms. The topological polar surface area (TPSA) is 73.2 Å². The molecule has 0 saturated heterocycles. The van der Waals surface area contributed by atoms with Crippen molar-refractivity contribution >= 4 is 28.2 Å². The van der Waals surface area contributed by atoms with Gasteiger partial charge in [0.2, 0.25) is 5.91 Å². The van der Waals surface area contributed by atoms with E-state index in [0.29, 0.717) is 22.7 Å². The largest absolute Gasteiger partial charge is 0.341 e. The van der Waals surface area contributed by atoms with Crippen LogP contribution in [-0.4, -0.2) is 30.3 Å². The SMILES string of the molecule is CN1CC(C(=O)Nc2sc(-c3ccccc3)cc2C#N)c2ccccc2C1=O. The summed E-state index contributed by atoms with van der Waals surface area (Å²) in [6.45, 7) is 0.306. The van der Waals surface area contributed by atoms with Gasteiger partial charge < -0.3 is 10.2 Å². The Balaban J connectivity index is 1.64. The number of anilines is 1. The van der Waals surface area contributed by atoms with Crippen LogP contribution in [0.25, 0.3) is 10.4 Å². The molecule has 0 radical (unpaired) electrons. The Kier molecular flexibility index (Phi) is 4.68. The third kappa shape index (κ3) is 3.17. The molecule has 0 bridgehead atoms. The average Bonchev–Trinajstić information content (AvgIpc) is 3.14. The lowest BCUT2D eigenvalue weighted by molar-refractivity contribution is -0.117. The molecule has 1 aliphatic heterocycles. The molecule has 1 aromatic heterocycles. The van der Waals surface area contributed by atoms with Gasteiger partial charge in [-0.15, -0.1) is 11.3 Å². The number of hydrogen-bond acceptors (Lipinski definition) is 4. The molecule has 0 aliphatic carbocycles. The highest BCUT2D eigenvalue weighted by atomic mass is 32.1. The Bertz CT molecular complexity index is 1100. The van der Waals surface area contributed by atoms with Crippen LogP contribution in [0.1, 0.15) is 27.4 Å². The monoisotopic (exact) mass is 387 g/mol. The number of rotatable bonds is 3. The fourth-order valence-electron chi connectivity index (χ4n) is 3.39. The molecule has 3 aromatic rings. The lowest BCUT2D eigenvalue weighted by Gasteiger charge is -2.30. The summed E-state index contributed by atoms with van der Waals surface area (Å²) in [7, 11) is 1.69. The molecule has 1 aliphatic rings. The number of carbonyl (C=O) groups excluding carboxylic acids is 2. The van der Waals surface area contributed by atoms with Crippen molar-refractivity contribution in [3.63, 3.8) is 0 Å². The summed E-state index contributed by atoms with van der Waals surface area (Å²) in [5, 5.41) is 12.9. The van der Waals surface area contributed by atoms with E-state index in [1.165, 1.54) is 11.3 Å². The molecule has 1 atom stereocenters. The van der Waals surface area contributed by atoms with E-state index in [2.05, 4.69) is 11.4 Å². The number of nitrogens with one attached hydrogen (secondary N) is 1. The summed E-state index contributed by atoms with van der Waals surface area (Å²) >= 11 is 1.38. The molecule has 0 fully saturated rings. The molecule has 28 heavy (non-hydrogen) atoms. The average molecular weight is 387 g/mol. The third-order valence-electron chi connectivity index (χ3n) is 4.83. The van der Waals surface area contributed by atoms with Crippen LogP contribution in [0.3, 0.4) is 0 Å². The van der Waals surface area contributed by atoms with Crippen molar-refractivity contribution in [2.24, 2.45) is 0 Å². The van der Waals surface area contributed by atoms with E-state index in [9.17, 15) is 14.9 Å². The van der Waals surface area contributed by atoms with Crippen LogP contribution in [0.15, 0.2) is 60.7 Å². The predicted octanol–water partition coefficient (Wildman–Crippen LogP) is 4.09. The summed E-state index contributed by atoms with van der Waals surface area (Å²) in [6.07, 6.45) is 0. The van der Waals surface area contributed by atoms with E-state index in [-0.39, 0.29) is 11.8 Å². The highest BCUT2D eigenvalue weighted by Crippen LogP contribution is 2.36. The lowest BCUT2D eigenvalue weighted by atomic mass is 9.89. The number of nitriles is 1. The fraction of sp³-hybridized carbons (Fsp3) is 0.136. The minimum absolute atomic E-state index is 0.0835. The van der Waals surface area contributed by atoms with E-state index in [4.69, 9.17) is 0 Å². The maximum Gasteiger partial charge on any atom is 0.253 e. The second kappa shape index (κ2) is 7.29. The first-order chi connectivity index (χ1) is 13.6. The van der Waals surface area contributed by atoms with Crippen LogP contribution in [0, 0.1) is 11.3 Å². The Hall–Kier alpha value is -3.43. The number of likely N-dealkylation sites (N-methyl/N-ethyl adjacent to an activating group) is 1. The van der Waals surface area contributed by atoms with Crippen LogP contribution in [0.2, 0.25) is 0 Å².